The van der Waals surface area contributed by atoms with Crippen LogP contribution in [0, 0.1) is 11.2 Å². The molecule has 3 N–H and O–H groups in total. The van der Waals surface area contributed by atoms with Crippen LogP contribution >= 0.6 is 11.6 Å². The number of alkyl halides is 1. The summed E-state index contributed by atoms with van der Waals surface area (Å²) < 4.78 is 29.9. The zero-order valence-electron chi connectivity index (χ0n) is 20.9. The molecule has 196 valence electrons. The number of carbonyl (C=O) groups excluding carboxylic acids is 1. The second kappa shape index (κ2) is 9.74. The molecule has 1 aromatic carbocycles. The molecule has 9 heteroatoms. The van der Waals surface area contributed by atoms with Crippen molar-refractivity contribution in [3.05, 3.63) is 82.7 Å². The second-order valence-corrected chi connectivity index (χ2v) is 10.7. The maximum atomic E-state index is 15.2. The van der Waals surface area contributed by atoms with Gasteiger partial charge in [-0.1, -0.05) is 37.2 Å². The molecule has 1 unspecified atom stereocenters. The summed E-state index contributed by atoms with van der Waals surface area (Å²) in [5, 5.41) is 14.4. The van der Waals surface area contributed by atoms with Gasteiger partial charge < -0.3 is 20.3 Å². The predicted octanol–water partition coefficient (Wildman–Crippen LogP) is 4.92. The fourth-order valence-corrected chi connectivity index (χ4v) is 6.31. The van der Waals surface area contributed by atoms with E-state index >= 15 is 4.39 Å². The Morgan fingerprint density at radius 3 is 2.65 bits per heavy atom. The largest absolute Gasteiger partial charge is 0.393 e. The van der Waals surface area contributed by atoms with Gasteiger partial charge in [-0.3, -0.25) is 4.79 Å². The summed E-state index contributed by atoms with van der Waals surface area (Å²) in [6, 6.07) is 4.66. The molecule has 2 aliphatic heterocycles. The van der Waals surface area contributed by atoms with Crippen molar-refractivity contribution < 1.29 is 18.7 Å². The van der Waals surface area contributed by atoms with Crippen LogP contribution in [0.15, 0.2) is 65.8 Å². The van der Waals surface area contributed by atoms with Gasteiger partial charge in [-0.05, 0) is 66.9 Å². The number of rotatable bonds is 6. The van der Waals surface area contributed by atoms with E-state index in [9.17, 15) is 14.3 Å². The Morgan fingerprint density at radius 2 is 2.05 bits per heavy atom. The molecule has 4 aliphatic rings. The van der Waals surface area contributed by atoms with E-state index in [1.165, 1.54) is 11.1 Å². The van der Waals surface area contributed by atoms with E-state index in [2.05, 4.69) is 17.3 Å². The fourth-order valence-electron chi connectivity index (χ4n) is 5.92. The van der Waals surface area contributed by atoms with Crippen LogP contribution in [-0.4, -0.2) is 46.4 Å². The lowest BCUT2D eigenvalue weighted by Crippen LogP contribution is -2.57. The summed E-state index contributed by atoms with van der Waals surface area (Å²) in [6.45, 7) is 5.91. The van der Waals surface area contributed by atoms with Crippen molar-refractivity contribution in [3.63, 3.8) is 0 Å². The number of halogens is 3. The Bertz CT molecular complexity index is 1260. The molecule has 0 radical (unpaired) electrons. The van der Waals surface area contributed by atoms with Crippen molar-refractivity contribution >= 4 is 28.7 Å². The van der Waals surface area contributed by atoms with Crippen molar-refractivity contribution in [2.45, 2.75) is 57.5 Å². The second-order valence-electron chi connectivity index (χ2n) is 10.4. The van der Waals surface area contributed by atoms with Gasteiger partial charge in [0, 0.05) is 47.9 Å². The van der Waals surface area contributed by atoms with Gasteiger partial charge in [0.15, 0.2) is 6.30 Å². The molecule has 6 nitrogen and oxygen atoms in total. The van der Waals surface area contributed by atoms with Gasteiger partial charge in [0.05, 0.1) is 6.10 Å². The number of aliphatic hydroxyl groups excluding tert-OH is 1. The Hall–Kier alpha value is -2.94. The Labute approximate surface area is 220 Å². The highest BCUT2D eigenvalue weighted by Crippen LogP contribution is 2.55. The molecule has 2 aliphatic carbocycles. The molecule has 1 amide bonds. The van der Waals surface area contributed by atoms with Crippen molar-refractivity contribution in [2.75, 3.05) is 7.05 Å². The normalized spacial score (nSPS) is 29.5. The number of nitrogens with zero attached hydrogens (tertiary/aromatic N) is 2. The lowest BCUT2D eigenvalue weighted by molar-refractivity contribution is -0.125. The van der Waals surface area contributed by atoms with E-state index in [-0.39, 0.29) is 34.2 Å². The topological polar surface area (TPSA) is 67.8 Å². The third-order valence-corrected chi connectivity index (χ3v) is 8.10. The third kappa shape index (κ3) is 4.74. The predicted molar refractivity (Wildman–Crippen MR) is 140 cm³/mol. The first-order valence-electron chi connectivity index (χ1n) is 12.5. The molecule has 0 aromatic heterocycles. The van der Waals surface area contributed by atoms with Gasteiger partial charge in [-0.15, -0.1) is 0 Å². The standard InChI is InChI=1S/C28H31ClF2N4O2/c1-4-20(24-21(6-5-7-23(24)30)22-15-34(3)33-26(22)31)25(29)35-9-8-17(10-16(35)2)27(37)32-18-11-28(12-18)13-19(36)14-28/h5-10,15,18-19,26,33,36H,2,4,11-14H2,1,3H3,(H,32,37)/b25-20+. The molecular formula is C28H31ClF2N4O2. The van der Waals surface area contributed by atoms with Crippen molar-refractivity contribution in [1.82, 2.24) is 20.7 Å². The molecule has 1 spiro atoms. The number of amides is 1. The lowest BCUT2D eigenvalue weighted by atomic mass is 9.53. The lowest BCUT2D eigenvalue weighted by Gasteiger charge is -2.56. The van der Waals surface area contributed by atoms with Crippen LogP contribution in [0.5, 0.6) is 0 Å². The zero-order valence-corrected chi connectivity index (χ0v) is 21.7. The van der Waals surface area contributed by atoms with Crippen LogP contribution in [0.25, 0.3) is 11.1 Å². The highest BCUT2D eigenvalue weighted by Gasteiger charge is 2.52. The molecule has 0 saturated heterocycles. The van der Waals surface area contributed by atoms with E-state index in [0.29, 0.717) is 34.4 Å². The summed E-state index contributed by atoms with van der Waals surface area (Å²) in [7, 11) is 1.67. The van der Waals surface area contributed by atoms with Crippen LogP contribution in [-0.2, 0) is 4.79 Å². The maximum absolute atomic E-state index is 15.2. The number of benzene rings is 1. The van der Waals surface area contributed by atoms with Crippen LogP contribution in [0.3, 0.4) is 0 Å². The number of nitrogens with one attached hydrogen (secondary N) is 2. The van der Waals surface area contributed by atoms with Gasteiger partial charge in [0.1, 0.15) is 11.0 Å². The van der Waals surface area contributed by atoms with Crippen molar-refractivity contribution in [1.29, 1.82) is 0 Å². The molecule has 2 fully saturated rings. The first kappa shape index (κ1) is 25.7. The fraction of sp³-hybridized carbons (Fsp3) is 0.393. The summed E-state index contributed by atoms with van der Waals surface area (Å²) >= 11 is 6.82. The van der Waals surface area contributed by atoms with E-state index in [4.69, 9.17) is 11.6 Å². The quantitative estimate of drug-likeness (QED) is 0.457. The number of hydrogen-bond donors (Lipinski definition) is 3. The minimum atomic E-state index is -1.48. The number of carbonyl (C=O) groups is 1. The third-order valence-electron chi connectivity index (χ3n) is 7.69. The van der Waals surface area contributed by atoms with Gasteiger partial charge >= 0.3 is 0 Å². The average molecular weight is 529 g/mol. The number of allylic oxidation sites excluding steroid dienone is 2. The molecule has 1 atom stereocenters. The first-order valence-corrected chi connectivity index (χ1v) is 12.9. The molecule has 2 heterocycles. The minimum absolute atomic E-state index is 0.105. The number of aliphatic hydroxyl groups is 1. The summed E-state index contributed by atoms with van der Waals surface area (Å²) in [5.41, 5.74) is 5.20. The van der Waals surface area contributed by atoms with E-state index in [0.717, 1.165) is 25.7 Å². The van der Waals surface area contributed by atoms with Gasteiger partial charge in [0.2, 0.25) is 0 Å². The molecule has 5 rings (SSSR count). The summed E-state index contributed by atoms with van der Waals surface area (Å²) in [5.74, 6) is -0.697. The highest BCUT2D eigenvalue weighted by atomic mass is 35.5. The van der Waals surface area contributed by atoms with Crippen LogP contribution in [0.2, 0.25) is 0 Å². The molecular weight excluding hydrogens is 498 g/mol. The Balaban J connectivity index is 1.35. The van der Waals surface area contributed by atoms with Crippen LogP contribution in [0.1, 0.15) is 50.2 Å². The molecule has 37 heavy (non-hydrogen) atoms. The SMILES string of the molecule is C=C1C=C(C(=O)NC2CC3(CC(O)C3)C2)C=CN1/C(Cl)=C(\CC)c1c(F)cccc1C1=CN(C)NC1F. The van der Waals surface area contributed by atoms with Crippen molar-refractivity contribution in [2.24, 2.45) is 5.41 Å². The smallest absolute Gasteiger partial charge is 0.251 e. The first-order chi connectivity index (χ1) is 17.6. The Morgan fingerprint density at radius 1 is 1.32 bits per heavy atom. The zero-order chi connectivity index (χ0) is 26.5. The maximum Gasteiger partial charge on any atom is 0.251 e. The molecule has 2 saturated carbocycles. The Kier molecular flexibility index (Phi) is 6.77. The van der Waals surface area contributed by atoms with Crippen molar-refractivity contribution in [3.8, 4) is 0 Å². The van der Waals surface area contributed by atoms with Gasteiger partial charge in [0.25, 0.3) is 5.91 Å². The van der Waals surface area contributed by atoms with Crippen LogP contribution < -0.4 is 10.7 Å². The summed E-state index contributed by atoms with van der Waals surface area (Å²) in [6.07, 6.45) is 8.65. The van der Waals surface area contributed by atoms with E-state index < -0.39 is 12.1 Å². The van der Waals surface area contributed by atoms with Crippen LogP contribution in [0.4, 0.5) is 8.78 Å². The molecule has 1 aromatic rings. The highest BCUT2D eigenvalue weighted by molar-refractivity contribution is 6.32. The van der Waals surface area contributed by atoms with Gasteiger partial charge in [-0.25, -0.2) is 8.78 Å². The average Bonchev–Trinajstić information content (AvgIpc) is 3.15. The number of hydrazine groups is 1. The summed E-state index contributed by atoms with van der Waals surface area (Å²) in [4.78, 5) is 14.4. The van der Waals surface area contributed by atoms with Gasteiger partial charge in [-0.2, -0.15) is 5.43 Å². The molecule has 0 bridgehead atoms. The van der Waals surface area contributed by atoms with E-state index in [1.807, 2.05) is 6.92 Å². The minimum Gasteiger partial charge on any atom is -0.393 e. The monoisotopic (exact) mass is 528 g/mol. The number of hydrogen-bond acceptors (Lipinski definition) is 5. The van der Waals surface area contributed by atoms with E-state index in [1.54, 1.807) is 48.6 Å².